The van der Waals surface area contributed by atoms with E-state index in [-0.39, 0.29) is 15.6 Å². The van der Waals surface area contributed by atoms with Gasteiger partial charge in [0, 0.05) is 0 Å². The van der Waals surface area contributed by atoms with Crippen LogP contribution in [-0.2, 0) is 4.74 Å². The van der Waals surface area contributed by atoms with E-state index in [4.69, 9.17) is 23.2 Å². The lowest BCUT2D eigenvalue weighted by Gasteiger charge is -2.04. The number of esters is 1. The van der Waals surface area contributed by atoms with E-state index in [1.165, 1.54) is 12.1 Å². The number of hydrogen-bond donors (Lipinski definition) is 0. The molecule has 5 heteroatoms. The standard InChI is InChI=1S/C8H5Cl2FO2/c1-13-8(12)6-4(9)2-3-5(10)7(6)11/h2-3H,1H3. The van der Waals surface area contributed by atoms with Gasteiger partial charge in [-0.15, -0.1) is 0 Å². The zero-order valence-corrected chi connectivity index (χ0v) is 8.12. The number of benzene rings is 1. The molecule has 0 atom stereocenters. The molecule has 0 aliphatic carbocycles. The van der Waals surface area contributed by atoms with Gasteiger partial charge in [-0.2, -0.15) is 0 Å². The van der Waals surface area contributed by atoms with Crippen molar-refractivity contribution in [1.82, 2.24) is 0 Å². The van der Waals surface area contributed by atoms with Gasteiger partial charge in [0.05, 0.1) is 17.2 Å². The molecule has 0 saturated heterocycles. The van der Waals surface area contributed by atoms with Crippen LogP contribution in [0.5, 0.6) is 0 Å². The highest BCUT2D eigenvalue weighted by atomic mass is 35.5. The van der Waals surface area contributed by atoms with Gasteiger partial charge in [-0.1, -0.05) is 23.2 Å². The third-order valence-electron chi connectivity index (χ3n) is 1.43. The molecule has 70 valence electrons. The average Bonchev–Trinajstić information content (AvgIpc) is 2.12. The van der Waals surface area contributed by atoms with Gasteiger partial charge in [0.15, 0.2) is 5.82 Å². The number of methoxy groups -OCH3 is 1. The molecule has 0 fully saturated rings. The zero-order valence-electron chi connectivity index (χ0n) is 6.61. The van der Waals surface area contributed by atoms with Gasteiger partial charge in [-0.3, -0.25) is 0 Å². The largest absolute Gasteiger partial charge is 0.465 e. The van der Waals surface area contributed by atoms with Crippen LogP contribution in [0.2, 0.25) is 10.0 Å². The van der Waals surface area contributed by atoms with Crippen LogP contribution < -0.4 is 0 Å². The third-order valence-corrected chi connectivity index (χ3v) is 2.04. The van der Waals surface area contributed by atoms with Crippen molar-refractivity contribution in [3.8, 4) is 0 Å². The van der Waals surface area contributed by atoms with E-state index in [2.05, 4.69) is 4.74 Å². The van der Waals surface area contributed by atoms with Gasteiger partial charge in [0.2, 0.25) is 0 Å². The second-order valence-corrected chi connectivity index (χ2v) is 3.02. The summed E-state index contributed by atoms with van der Waals surface area (Å²) in [6.07, 6.45) is 0. The molecule has 0 aliphatic rings. The molecule has 0 N–H and O–H groups in total. The van der Waals surface area contributed by atoms with Crippen molar-refractivity contribution in [2.45, 2.75) is 0 Å². The van der Waals surface area contributed by atoms with Crippen molar-refractivity contribution in [3.05, 3.63) is 33.6 Å². The molecule has 13 heavy (non-hydrogen) atoms. The minimum atomic E-state index is -0.860. The summed E-state index contributed by atoms with van der Waals surface area (Å²) in [7, 11) is 1.14. The van der Waals surface area contributed by atoms with Crippen molar-refractivity contribution < 1.29 is 13.9 Å². The second-order valence-electron chi connectivity index (χ2n) is 2.21. The maximum absolute atomic E-state index is 13.2. The van der Waals surface area contributed by atoms with Crippen LogP contribution in [0.15, 0.2) is 12.1 Å². The van der Waals surface area contributed by atoms with Crippen LogP contribution in [0.4, 0.5) is 4.39 Å². The molecule has 2 nitrogen and oxygen atoms in total. The van der Waals surface area contributed by atoms with Crippen molar-refractivity contribution >= 4 is 29.2 Å². The first kappa shape index (κ1) is 10.3. The monoisotopic (exact) mass is 222 g/mol. The first-order valence-electron chi connectivity index (χ1n) is 3.29. The summed E-state index contributed by atoms with van der Waals surface area (Å²) >= 11 is 11.0. The van der Waals surface area contributed by atoms with E-state index in [9.17, 15) is 9.18 Å². The Bertz CT molecular complexity index is 352. The minimum Gasteiger partial charge on any atom is -0.465 e. The molecule has 0 unspecified atom stereocenters. The van der Waals surface area contributed by atoms with E-state index in [0.717, 1.165) is 7.11 Å². The highest BCUT2D eigenvalue weighted by molar-refractivity contribution is 6.35. The molecule has 0 heterocycles. The minimum absolute atomic E-state index is 0.0197. The van der Waals surface area contributed by atoms with Crippen LogP contribution in [0.3, 0.4) is 0 Å². The Hall–Kier alpha value is -0.800. The highest BCUT2D eigenvalue weighted by Crippen LogP contribution is 2.25. The summed E-state index contributed by atoms with van der Waals surface area (Å²) in [5.41, 5.74) is -0.336. The van der Waals surface area contributed by atoms with E-state index in [1.54, 1.807) is 0 Å². The lowest BCUT2D eigenvalue weighted by molar-refractivity contribution is 0.0596. The molecule has 1 rings (SSSR count). The lowest BCUT2D eigenvalue weighted by Crippen LogP contribution is -2.05. The lowest BCUT2D eigenvalue weighted by atomic mass is 10.2. The fourth-order valence-electron chi connectivity index (χ4n) is 0.816. The Morgan fingerprint density at radius 3 is 2.46 bits per heavy atom. The molecule has 0 radical (unpaired) electrons. The van der Waals surface area contributed by atoms with Crippen molar-refractivity contribution in [2.24, 2.45) is 0 Å². The van der Waals surface area contributed by atoms with E-state index in [0.29, 0.717) is 0 Å². The third kappa shape index (κ3) is 1.92. The topological polar surface area (TPSA) is 26.3 Å². The molecule has 1 aromatic rings. The maximum atomic E-state index is 13.2. The van der Waals surface area contributed by atoms with Crippen molar-refractivity contribution in [2.75, 3.05) is 7.11 Å². The van der Waals surface area contributed by atoms with Crippen molar-refractivity contribution in [1.29, 1.82) is 0 Å². The van der Waals surface area contributed by atoms with Gasteiger partial charge in [-0.05, 0) is 12.1 Å². The normalized spacial score (nSPS) is 9.85. The van der Waals surface area contributed by atoms with Gasteiger partial charge in [0.25, 0.3) is 0 Å². The molecule has 0 spiro atoms. The van der Waals surface area contributed by atoms with Crippen LogP contribution >= 0.6 is 23.2 Å². The first-order chi connectivity index (χ1) is 6.07. The SMILES string of the molecule is COC(=O)c1c(Cl)ccc(Cl)c1F. The Morgan fingerprint density at radius 1 is 1.38 bits per heavy atom. The van der Waals surface area contributed by atoms with Gasteiger partial charge < -0.3 is 4.74 Å². The molecule has 0 amide bonds. The zero-order chi connectivity index (χ0) is 10.0. The summed E-state index contributed by atoms with van der Waals surface area (Å²) in [6.45, 7) is 0. The summed E-state index contributed by atoms with van der Waals surface area (Å²) < 4.78 is 17.5. The quantitative estimate of drug-likeness (QED) is 0.540. The smallest absolute Gasteiger partial charge is 0.342 e. The van der Waals surface area contributed by atoms with Gasteiger partial charge >= 0.3 is 5.97 Å². The predicted molar refractivity (Wildman–Crippen MR) is 47.8 cm³/mol. The molecule has 1 aromatic carbocycles. The number of ether oxygens (including phenoxy) is 1. The molecular weight excluding hydrogens is 218 g/mol. The van der Waals surface area contributed by atoms with Crippen molar-refractivity contribution in [3.63, 3.8) is 0 Å². The van der Waals surface area contributed by atoms with Crippen LogP contribution in [0.25, 0.3) is 0 Å². The fraction of sp³-hybridized carbons (Fsp3) is 0.125. The number of carbonyl (C=O) groups excluding carboxylic acids is 1. The Labute approximate surface area is 84.2 Å². The van der Waals surface area contributed by atoms with E-state index < -0.39 is 11.8 Å². The Morgan fingerprint density at radius 2 is 1.92 bits per heavy atom. The summed E-state index contributed by atoms with van der Waals surface area (Å²) in [5, 5.41) is -0.182. The van der Waals surface area contributed by atoms with Crippen LogP contribution in [0.1, 0.15) is 10.4 Å². The molecule has 0 aliphatic heterocycles. The highest BCUT2D eigenvalue weighted by Gasteiger charge is 2.18. The molecule has 0 bridgehead atoms. The number of carbonyl (C=O) groups is 1. The number of halogens is 3. The number of rotatable bonds is 1. The summed E-state index contributed by atoms with van der Waals surface area (Å²) in [4.78, 5) is 11.0. The maximum Gasteiger partial charge on any atom is 0.342 e. The average molecular weight is 223 g/mol. The van der Waals surface area contributed by atoms with Crippen LogP contribution in [0, 0.1) is 5.82 Å². The molecular formula is C8H5Cl2FO2. The van der Waals surface area contributed by atoms with Gasteiger partial charge in [0.1, 0.15) is 5.56 Å². The second kappa shape index (κ2) is 3.94. The van der Waals surface area contributed by atoms with E-state index in [1.807, 2.05) is 0 Å². The molecule has 0 saturated carbocycles. The summed E-state index contributed by atoms with van der Waals surface area (Å²) in [6, 6.07) is 2.60. The Kier molecular flexibility index (Phi) is 3.12. The number of hydrogen-bond acceptors (Lipinski definition) is 2. The predicted octanol–water partition coefficient (Wildman–Crippen LogP) is 2.92. The van der Waals surface area contributed by atoms with E-state index >= 15 is 0 Å². The Balaban J connectivity index is 3.33. The fourth-order valence-corrected chi connectivity index (χ4v) is 1.20. The first-order valence-corrected chi connectivity index (χ1v) is 4.05. The van der Waals surface area contributed by atoms with Crippen LogP contribution in [-0.4, -0.2) is 13.1 Å². The van der Waals surface area contributed by atoms with Gasteiger partial charge in [-0.25, -0.2) is 9.18 Å². The molecule has 0 aromatic heterocycles. The summed E-state index contributed by atoms with van der Waals surface area (Å²) in [5.74, 6) is -1.70.